The number of ether oxygens (including phenoxy) is 1. The number of aliphatic hydroxyl groups excluding tert-OH is 1. The van der Waals surface area contributed by atoms with Crippen LogP contribution in [0.3, 0.4) is 0 Å². The summed E-state index contributed by atoms with van der Waals surface area (Å²) in [7, 11) is 1.62. The number of hydrogen-bond donors (Lipinski definition) is 1. The third kappa shape index (κ3) is 2.45. The predicted molar refractivity (Wildman–Crippen MR) is 55.8 cm³/mol. The summed E-state index contributed by atoms with van der Waals surface area (Å²) in [5.41, 5.74) is 0.944. The van der Waals surface area contributed by atoms with Gasteiger partial charge < -0.3 is 9.84 Å². The molecule has 0 saturated carbocycles. The maximum atomic E-state index is 8.99. The summed E-state index contributed by atoms with van der Waals surface area (Å²) in [5.74, 6) is 1.69. The van der Waals surface area contributed by atoms with Crippen LogP contribution in [-0.4, -0.2) is 18.8 Å². The Bertz CT molecular complexity index is 286. The Morgan fingerprint density at radius 2 is 2.23 bits per heavy atom. The van der Waals surface area contributed by atoms with Crippen molar-refractivity contribution in [3.63, 3.8) is 0 Å². The highest BCUT2D eigenvalue weighted by Gasteiger charge is 2.11. The number of methoxy groups -OCH3 is 1. The number of rotatable bonds is 3. The SMILES string of the molecule is COc1ccc(Br)cc1[C](C)CO. The van der Waals surface area contributed by atoms with Crippen LogP contribution in [0.15, 0.2) is 22.7 Å². The Morgan fingerprint density at radius 1 is 1.54 bits per heavy atom. The van der Waals surface area contributed by atoms with Gasteiger partial charge in [-0.15, -0.1) is 0 Å². The quantitative estimate of drug-likeness (QED) is 0.884. The Morgan fingerprint density at radius 3 is 2.77 bits per heavy atom. The summed E-state index contributed by atoms with van der Waals surface area (Å²) in [4.78, 5) is 0. The van der Waals surface area contributed by atoms with E-state index in [1.165, 1.54) is 0 Å². The molecule has 0 amide bonds. The van der Waals surface area contributed by atoms with Crippen LogP contribution in [-0.2, 0) is 0 Å². The van der Waals surface area contributed by atoms with Crippen molar-refractivity contribution in [3.8, 4) is 5.75 Å². The minimum atomic E-state index is 0.0484. The average Bonchev–Trinajstić information content (AvgIpc) is 2.16. The van der Waals surface area contributed by atoms with Crippen LogP contribution >= 0.6 is 15.9 Å². The number of aliphatic hydroxyl groups is 1. The van der Waals surface area contributed by atoms with E-state index in [1.54, 1.807) is 7.11 Å². The first-order valence-electron chi connectivity index (χ1n) is 3.96. The molecule has 1 aromatic rings. The fourth-order valence-corrected chi connectivity index (χ4v) is 1.46. The van der Waals surface area contributed by atoms with Crippen LogP contribution in [0.5, 0.6) is 5.75 Å². The van der Waals surface area contributed by atoms with Crippen LogP contribution in [0.1, 0.15) is 12.5 Å². The lowest BCUT2D eigenvalue weighted by Crippen LogP contribution is -2.02. The molecule has 0 atom stereocenters. The Balaban J connectivity index is 3.07. The highest BCUT2D eigenvalue weighted by atomic mass is 79.9. The smallest absolute Gasteiger partial charge is 0.122 e. The number of benzene rings is 1. The summed E-state index contributed by atoms with van der Waals surface area (Å²) < 4.78 is 6.15. The molecular weight excluding hydrogens is 232 g/mol. The van der Waals surface area contributed by atoms with Gasteiger partial charge in [-0.2, -0.15) is 0 Å². The van der Waals surface area contributed by atoms with Crippen molar-refractivity contribution < 1.29 is 9.84 Å². The zero-order valence-corrected chi connectivity index (χ0v) is 9.26. The van der Waals surface area contributed by atoms with E-state index in [2.05, 4.69) is 15.9 Å². The minimum Gasteiger partial charge on any atom is -0.496 e. The van der Waals surface area contributed by atoms with Crippen molar-refractivity contribution in [3.05, 3.63) is 34.2 Å². The fraction of sp³-hybridized carbons (Fsp3) is 0.300. The van der Waals surface area contributed by atoms with E-state index in [9.17, 15) is 0 Å². The molecule has 0 aliphatic heterocycles. The molecule has 0 aliphatic carbocycles. The zero-order valence-electron chi connectivity index (χ0n) is 7.67. The van der Waals surface area contributed by atoms with Gasteiger partial charge in [-0.1, -0.05) is 22.9 Å². The largest absolute Gasteiger partial charge is 0.496 e. The summed E-state index contributed by atoms with van der Waals surface area (Å²) in [6.07, 6.45) is 0. The Hall–Kier alpha value is -0.540. The second-order valence-electron chi connectivity index (χ2n) is 2.78. The molecular formula is C10H12BrO2. The van der Waals surface area contributed by atoms with E-state index < -0.39 is 0 Å². The minimum absolute atomic E-state index is 0.0484. The maximum absolute atomic E-state index is 8.99. The molecule has 3 heteroatoms. The molecule has 0 aliphatic rings. The third-order valence-electron chi connectivity index (χ3n) is 1.86. The highest BCUT2D eigenvalue weighted by Crippen LogP contribution is 2.28. The van der Waals surface area contributed by atoms with Crippen molar-refractivity contribution >= 4 is 15.9 Å². The van der Waals surface area contributed by atoms with Gasteiger partial charge >= 0.3 is 0 Å². The summed E-state index contributed by atoms with van der Waals surface area (Å²) in [6.45, 7) is 1.93. The van der Waals surface area contributed by atoms with Crippen molar-refractivity contribution in [2.24, 2.45) is 0 Å². The first-order chi connectivity index (χ1) is 6.19. The molecule has 2 nitrogen and oxygen atoms in total. The van der Waals surface area contributed by atoms with Gasteiger partial charge in [0, 0.05) is 16.0 Å². The first kappa shape index (κ1) is 10.5. The van der Waals surface area contributed by atoms with Gasteiger partial charge in [0.2, 0.25) is 0 Å². The van der Waals surface area contributed by atoms with Crippen molar-refractivity contribution in [2.45, 2.75) is 6.92 Å². The lowest BCUT2D eigenvalue weighted by Gasteiger charge is -2.12. The molecule has 1 N–H and O–H groups in total. The van der Waals surface area contributed by atoms with Crippen LogP contribution in [0.25, 0.3) is 0 Å². The molecule has 0 saturated heterocycles. The third-order valence-corrected chi connectivity index (χ3v) is 2.35. The number of halogens is 1. The van der Waals surface area contributed by atoms with Gasteiger partial charge in [-0.05, 0) is 18.2 Å². The average molecular weight is 244 g/mol. The lowest BCUT2D eigenvalue weighted by molar-refractivity contribution is 0.312. The molecule has 0 bridgehead atoms. The monoisotopic (exact) mass is 243 g/mol. The second-order valence-corrected chi connectivity index (χ2v) is 3.70. The lowest BCUT2D eigenvalue weighted by atomic mass is 10.0. The zero-order chi connectivity index (χ0) is 9.84. The molecule has 1 aromatic carbocycles. The molecule has 0 unspecified atom stereocenters. The Kier molecular flexibility index (Phi) is 3.75. The second kappa shape index (κ2) is 4.63. The highest BCUT2D eigenvalue weighted by molar-refractivity contribution is 9.10. The van der Waals surface area contributed by atoms with Gasteiger partial charge in [0.25, 0.3) is 0 Å². The van der Waals surface area contributed by atoms with Gasteiger partial charge in [0.1, 0.15) is 5.75 Å². The van der Waals surface area contributed by atoms with Crippen LogP contribution < -0.4 is 4.74 Å². The molecule has 1 radical (unpaired) electrons. The molecule has 1 rings (SSSR count). The number of hydrogen-bond acceptors (Lipinski definition) is 2. The van der Waals surface area contributed by atoms with Gasteiger partial charge in [0.05, 0.1) is 13.7 Å². The maximum Gasteiger partial charge on any atom is 0.122 e. The fourth-order valence-electron chi connectivity index (χ4n) is 1.10. The normalized spacial score (nSPS) is 10.5. The summed E-state index contributed by atoms with van der Waals surface area (Å²) in [5, 5.41) is 8.99. The predicted octanol–water partition coefficient (Wildman–Crippen LogP) is 2.39. The molecule has 71 valence electrons. The first-order valence-corrected chi connectivity index (χ1v) is 4.75. The molecule has 0 fully saturated rings. The van der Waals surface area contributed by atoms with E-state index >= 15 is 0 Å². The van der Waals surface area contributed by atoms with E-state index in [1.807, 2.05) is 25.1 Å². The van der Waals surface area contributed by atoms with E-state index in [-0.39, 0.29) is 6.61 Å². The molecule has 0 heterocycles. The Labute approximate surface area is 86.7 Å². The van der Waals surface area contributed by atoms with E-state index in [0.717, 1.165) is 21.7 Å². The van der Waals surface area contributed by atoms with Gasteiger partial charge in [0.15, 0.2) is 0 Å². The van der Waals surface area contributed by atoms with Gasteiger partial charge in [-0.25, -0.2) is 0 Å². The topological polar surface area (TPSA) is 29.5 Å². The summed E-state index contributed by atoms with van der Waals surface area (Å²) in [6, 6.07) is 5.72. The van der Waals surface area contributed by atoms with Crippen molar-refractivity contribution in [1.29, 1.82) is 0 Å². The van der Waals surface area contributed by atoms with Crippen molar-refractivity contribution in [2.75, 3.05) is 13.7 Å². The molecule has 0 spiro atoms. The molecule has 0 aromatic heterocycles. The summed E-state index contributed by atoms with van der Waals surface area (Å²) >= 11 is 3.37. The van der Waals surface area contributed by atoms with E-state index in [4.69, 9.17) is 9.84 Å². The van der Waals surface area contributed by atoms with Crippen LogP contribution in [0.4, 0.5) is 0 Å². The van der Waals surface area contributed by atoms with Crippen molar-refractivity contribution in [1.82, 2.24) is 0 Å². The van der Waals surface area contributed by atoms with Crippen LogP contribution in [0.2, 0.25) is 0 Å². The van der Waals surface area contributed by atoms with E-state index in [0.29, 0.717) is 0 Å². The van der Waals surface area contributed by atoms with Gasteiger partial charge in [-0.3, -0.25) is 0 Å². The molecule has 13 heavy (non-hydrogen) atoms. The van der Waals surface area contributed by atoms with Crippen LogP contribution in [0, 0.1) is 5.92 Å². The standard InChI is InChI=1S/C10H12BrO2/c1-7(6-12)9-5-8(11)3-4-10(9)13-2/h3-5,12H,6H2,1-2H3.